The first-order valence-corrected chi connectivity index (χ1v) is 5.14. The molecule has 1 aromatic rings. The molecule has 2 aliphatic heterocycles. The van der Waals surface area contributed by atoms with Crippen molar-refractivity contribution in [1.29, 1.82) is 0 Å². The van der Waals surface area contributed by atoms with Crippen molar-refractivity contribution < 1.29 is 4.74 Å². The molecule has 3 nitrogen and oxygen atoms in total. The summed E-state index contributed by atoms with van der Waals surface area (Å²) in [6.07, 6.45) is 0. The van der Waals surface area contributed by atoms with Gasteiger partial charge in [-0.25, -0.2) is 0 Å². The maximum atomic E-state index is 5.71. The Morgan fingerprint density at radius 3 is 2.94 bits per heavy atom. The maximum absolute atomic E-state index is 5.71. The fourth-order valence-corrected chi connectivity index (χ4v) is 2.23. The number of piperazine rings is 1. The van der Waals surface area contributed by atoms with E-state index in [1.54, 1.807) is 0 Å². The number of halogens is 2. The van der Waals surface area contributed by atoms with Gasteiger partial charge >= 0.3 is 0 Å². The number of nitrogens with zero attached hydrogens (tertiary/aromatic N) is 1. The van der Waals surface area contributed by atoms with E-state index >= 15 is 0 Å². The SMILES string of the molecule is Cl.Cl.c1ccc2c(c1)OCC1CNCCN21. The predicted octanol–water partition coefficient (Wildman–Crippen LogP) is 1.70. The first-order valence-electron chi connectivity index (χ1n) is 5.14. The van der Waals surface area contributed by atoms with Gasteiger partial charge in [0, 0.05) is 19.6 Å². The lowest BCUT2D eigenvalue weighted by Crippen LogP contribution is -2.55. The monoisotopic (exact) mass is 262 g/mol. The van der Waals surface area contributed by atoms with E-state index in [1.807, 2.05) is 12.1 Å². The molecule has 1 fully saturated rings. The molecule has 3 rings (SSSR count). The lowest BCUT2D eigenvalue weighted by Gasteiger charge is -2.41. The topological polar surface area (TPSA) is 24.5 Å². The van der Waals surface area contributed by atoms with Crippen LogP contribution in [0.15, 0.2) is 24.3 Å². The molecular formula is C11H16Cl2N2O. The second-order valence-corrected chi connectivity index (χ2v) is 3.83. The molecular weight excluding hydrogens is 247 g/mol. The van der Waals surface area contributed by atoms with Gasteiger partial charge in [0.2, 0.25) is 0 Å². The van der Waals surface area contributed by atoms with Gasteiger partial charge in [-0.2, -0.15) is 0 Å². The molecule has 1 N–H and O–H groups in total. The van der Waals surface area contributed by atoms with Crippen molar-refractivity contribution >= 4 is 30.5 Å². The number of rotatable bonds is 0. The average molecular weight is 263 g/mol. The molecule has 0 aromatic heterocycles. The maximum Gasteiger partial charge on any atom is 0.142 e. The number of para-hydroxylation sites is 2. The normalized spacial score (nSPS) is 21.8. The van der Waals surface area contributed by atoms with Crippen LogP contribution in [0.1, 0.15) is 0 Å². The Balaban J connectivity index is 0.000000640. The Bertz CT molecular complexity index is 349. The van der Waals surface area contributed by atoms with Gasteiger partial charge in [-0.1, -0.05) is 12.1 Å². The minimum absolute atomic E-state index is 0. The molecule has 2 heterocycles. The predicted molar refractivity (Wildman–Crippen MR) is 70.4 cm³/mol. The van der Waals surface area contributed by atoms with Crippen LogP contribution >= 0.6 is 24.8 Å². The summed E-state index contributed by atoms with van der Waals surface area (Å²) in [5.41, 5.74) is 1.25. The zero-order valence-corrected chi connectivity index (χ0v) is 10.5. The van der Waals surface area contributed by atoms with Crippen LogP contribution in [0.3, 0.4) is 0 Å². The van der Waals surface area contributed by atoms with Crippen molar-refractivity contribution in [3.63, 3.8) is 0 Å². The van der Waals surface area contributed by atoms with Gasteiger partial charge < -0.3 is 15.0 Å². The highest BCUT2D eigenvalue weighted by Crippen LogP contribution is 2.33. The van der Waals surface area contributed by atoms with E-state index in [2.05, 4.69) is 22.3 Å². The van der Waals surface area contributed by atoms with Crippen molar-refractivity contribution in [3.8, 4) is 5.75 Å². The van der Waals surface area contributed by atoms with Gasteiger partial charge in [0.25, 0.3) is 0 Å². The van der Waals surface area contributed by atoms with Crippen molar-refractivity contribution in [2.75, 3.05) is 31.1 Å². The van der Waals surface area contributed by atoms with E-state index in [-0.39, 0.29) is 24.8 Å². The van der Waals surface area contributed by atoms with Gasteiger partial charge in [-0.15, -0.1) is 24.8 Å². The molecule has 1 unspecified atom stereocenters. The molecule has 90 valence electrons. The highest BCUT2D eigenvalue weighted by atomic mass is 35.5. The van der Waals surface area contributed by atoms with E-state index in [0.717, 1.165) is 32.0 Å². The number of nitrogens with one attached hydrogen (secondary N) is 1. The highest BCUT2D eigenvalue weighted by molar-refractivity contribution is 5.85. The first kappa shape index (κ1) is 13.4. The third-order valence-electron chi connectivity index (χ3n) is 2.96. The first-order chi connectivity index (χ1) is 6.95. The van der Waals surface area contributed by atoms with Gasteiger partial charge in [0.1, 0.15) is 12.4 Å². The van der Waals surface area contributed by atoms with Gasteiger partial charge in [-0.05, 0) is 12.1 Å². The molecule has 0 radical (unpaired) electrons. The van der Waals surface area contributed by atoms with Crippen LogP contribution in [0.25, 0.3) is 0 Å². The summed E-state index contributed by atoms with van der Waals surface area (Å²) >= 11 is 0. The lowest BCUT2D eigenvalue weighted by atomic mass is 10.1. The van der Waals surface area contributed by atoms with E-state index in [9.17, 15) is 0 Å². The summed E-state index contributed by atoms with van der Waals surface area (Å²) in [5, 5.41) is 3.39. The van der Waals surface area contributed by atoms with Crippen molar-refractivity contribution in [1.82, 2.24) is 5.32 Å². The Kier molecular flexibility index (Phi) is 4.71. The lowest BCUT2D eigenvalue weighted by molar-refractivity contribution is 0.247. The fraction of sp³-hybridized carbons (Fsp3) is 0.455. The minimum atomic E-state index is 0. The minimum Gasteiger partial charge on any atom is -0.489 e. The Morgan fingerprint density at radius 1 is 1.25 bits per heavy atom. The fourth-order valence-electron chi connectivity index (χ4n) is 2.23. The molecule has 0 amide bonds. The zero-order valence-electron chi connectivity index (χ0n) is 8.89. The second-order valence-electron chi connectivity index (χ2n) is 3.83. The molecule has 1 saturated heterocycles. The smallest absolute Gasteiger partial charge is 0.142 e. The second kappa shape index (κ2) is 5.62. The van der Waals surface area contributed by atoms with Crippen molar-refractivity contribution in [2.45, 2.75) is 6.04 Å². The molecule has 16 heavy (non-hydrogen) atoms. The molecule has 0 aliphatic carbocycles. The third kappa shape index (κ3) is 2.21. The van der Waals surface area contributed by atoms with Crippen LogP contribution in [-0.2, 0) is 0 Å². The van der Waals surface area contributed by atoms with Crippen LogP contribution in [-0.4, -0.2) is 32.3 Å². The number of ether oxygens (including phenoxy) is 1. The van der Waals surface area contributed by atoms with E-state index < -0.39 is 0 Å². The summed E-state index contributed by atoms with van der Waals surface area (Å²) in [7, 11) is 0. The number of fused-ring (bicyclic) bond motifs is 3. The molecule has 1 aromatic carbocycles. The quantitative estimate of drug-likeness (QED) is 0.771. The molecule has 0 saturated carbocycles. The van der Waals surface area contributed by atoms with E-state index in [1.165, 1.54) is 5.69 Å². The van der Waals surface area contributed by atoms with Crippen molar-refractivity contribution in [2.24, 2.45) is 0 Å². The van der Waals surface area contributed by atoms with Gasteiger partial charge in [-0.3, -0.25) is 0 Å². The van der Waals surface area contributed by atoms with Crippen LogP contribution in [0.4, 0.5) is 5.69 Å². The highest BCUT2D eigenvalue weighted by Gasteiger charge is 2.28. The molecule has 1 atom stereocenters. The summed E-state index contributed by atoms with van der Waals surface area (Å²) in [4.78, 5) is 2.45. The number of hydrogen-bond acceptors (Lipinski definition) is 3. The molecule has 2 aliphatic rings. The zero-order chi connectivity index (χ0) is 9.38. The van der Waals surface area contributed by atoms with Crippen LogP contribution in [0.5, 0.6) is 5.75 Å². The van der Waals surface area contributed by atoms with E-state index in [4.69, 9.17) is 4.74 Å². The van der Waals surface area contributed by atoms with Crippen LogP contribution < -0.4 is 15.0 Å². The van der Waals surface area contributed by atoms with E-state index in [0.29, 0.717) is 6.04 Å². The summed E-state index contributed by atoms with van der Waals surface area (Å²) in [6.45, 7) is 4.01. The Labute approximate surface area is 108 Å². The summed E-state index contributed by atoms with van der Waals surface area (Å²) in [5.74, 6) is 1.03. The number of benzene rings is 1. The Morgan fingerprint density at radius 2 is 2.06 bits per heavy atom. The number of hydrogen-bond donors (Lipinski definition) is 1. The summed E-state index contributed by atoms with van der Waals surface area (Å²) in [6, 6.07) is 8.81. The largest absolute Gasteiger partial charge is 0.489 e. The molecule has 0 spiro atoms. The molecule has 5 heteroatoms. The number of anilines is 1. The van der Waals surface area contributed by atoms with Gasteiger partial charge in [0.15, 0.2) is 0 Å². The standard InChI is InChI=1S/C11H14N2O.2ClH/c1-2-4-11-10(3-1)13-6-5-12-7-9(13)8-14-11;;/h1-4,9,12H,5-8H2;2*1H. The van der Waals surface area contributed by atoms with Gasteiger partial charge in [0.05, 0.1) is 11.7 Å². The summed E-state index contributed by atoms with van der Waals surface area (Å²) < 4.78 is 5.71. The van der Waals surface area contributed by atoms with Crippen LogP contribution in [0.2, 0.25) is 0 Å². The Hall–Kier alpha value is -0.640. The van der Waals surface area contributed by atoms with Crippen LogP contribution in [0, 0.1) is 0 Å². The van der Waals surface area contributed by atoms with Crippen molar-refractivity contribution in [3.05, 3.63) is 24.3 Å². The average Bonchev–Trinajstić information content (AvgIpc) is 2.29. The molecule has 0 bridgehead atoms. The third-order valence-corrected chi connectivity index (χ3v) is 2.96.